The van der Waals surface area contributed by atoms with E-state index in [-0.39, 0.29) is 18.7 Å². The molecule has 188 valence electrons. The van der Waals surface area contributed by atoms with Crippen LogP contribution in [0.15, 0.2) is 66.7 Å². The van der Waals surface area contributed by atoms with E-state index in [1.807, 2.05) is 12.1 Å². The molecule has 0 aliphatic heterocycles. The number of halogens is 1. The van der Waals surface area contributed by atoms with Crippen molar-refractivity contribution in [3.05, 3.63) is 94.8 Å². The molecule has 1 fully saturated rings. The standard InChI is InChI=1S/C28H31FN4O3/c1-17(2)32-26-14-22(26)20-10-7-18(8-11-20)16-36-28(35)31-15-19-9-12-21(23(29)13-19)27(34)33-25-6-4-3-5-24(25)30/h3-13,17,22,26,32H,14-16,30H2,1-2H3,(H,31,35)(H,33,34)/t22?,26-/m0/s1. The lowest BCUT2D eigenvalue weighted by atomic mass is 10.1. The zero-order valence-corrected chi connectivity index (χ0v) is 20.4. The van der Waals surface area contributed by atoms with Gasteiger partial charge < -0.3 is 26.4 Å². The summed E-state index contributed by atoms with van der Waals surface area (Å²) < 4.78 is 19.8. The van der Waals surface area contributed by atoms with E-state index in [1.54, 1.807) is 30.3 Å². The highest BCUT2D eigenvalue weighted by Crippen LogP contribution is 2.41. The number of anilines is 2. The number of hydrogen-bond acceptors (Lipinski definition) is 5. The van der Waals surface area contributed by atoms with Gasteiger partial charge >= 0.3 is 6.09 Å². The first-order chi connectivity index (χ1) is 17.3. The Bertz CT molecular complexity index is 1230. The van der Waals surface area contributed by atoms with Crippen molar-refractivity contribution in [3.8, 4) is 0 Å². The molecule has 2 amide bonds. The van der Waals surface area contributed by atoms with E-state index in [2.05, 4.69) is 41.9 Å². The maximum Gasteiger partial charge on any atom is 0.407 e. The minimum atomic E-state index is -0.698. The van der Waals surface area contributed by atoms with Crippen molar-refractivity contribution in [3.63, 3.8) is 0 Å². The van der Waals surface area contributed by atoms with E-state index in [1.165, 1.54) is 17.7 Å². The average Bonchev–Trinajstić information content (AvgIpc) is 3.61. The molecule has 0 saturated heterocycles. The Morgan fingerprint density at radius 2 is 1.78 bits per heavy atom. The summed E-state index contributed by atoms with van der Waals surface area (Å²) in [5.74, 6) is -0.764. The van der Waals surface area contributed by atoms with E-state index in [4.69, 9.17) is 10.5 Å². The predicted molar refractivity (Wildman–Crippen MR) is 138 cm³/mol. The van der Waals surface area contributed by atoms with Gasteiger partial charge in [-0.1, -0.05) is 56.3 Å². The molecule has 1 aliphatic carbocycles. The summed E-state index contributed by atoms with van der Waals surface area (Å²) >= 11 is 0. The van der Waals surface area contributed by atoms with Crippen LogP contribution in [0.3, 0.4) is 0 Å². The van der Waals surface area contributed by atoms with Gasteiger partial charge in [-0.15, -0.1) is 0 Å². The fraction of sp³-hybridized carbons (Fsp3) is 0.286. The van der Waals surface area contributed by atoms with Crippen molar-refractivity contribution in [1.82, 2.24) is 10.6 Å². The third-order valence-corrected chi connectivity index (χ3v) is 6.04. The second-order valence-corrected chi connectivity index (χ2v) is 9.30. The number of para-hydroxylation sites is 2. The van der Waals surface area contributed by atoms with Crippen LogP contribution >= 0.6 is 0 Å². The Balaban J connectivity index is 1.23. The zero-order chi connectivity index (χ0) is 25.7. The Labute approximate surface area is 210 Å². The molecule has 1 unspecified atom stereocenters. The number of amides is 2. The number of hydrogen-bond donors (Lipinski definition) is 4. The van der Waals surface area contributed by atoms with Gasteiger partial charge in [-0.05, 0) is 47.4 Å². The molecule has 5 N–H and O–H groups in total. The molecule has 7 nitrogen and oxygen atoms in total. The van der Waals surface area contributed by atoms with Gasteiger partial charge in [-0.25, -0.2) is 9.18 Å². The smallest absolute Gasteiger partial charge is 0.407 e. The van der Waals surface area contributed by atoms with Gasteiger partial charge in [-0.2, -0.15) is 0 Å². The van der Waals surface area contributed by atoms with Gasteiger partial charge in [0.1, 0.15) is 12.4 Å². The largest absolute Gasteiger partial charge is 0.445 e. The molecular formula is C28H31FN4O3. The monoisotopic (exact) mass is 490 g/mol. The van der Waals surface area contributed by atoms with Crippen molar-refractivity contribution in [2.75, 3.05) is 11.1 Å². The highest BCUT2D eigenvalue weighted by Gasteiger charge is 2.38. The number of alkyl carbamates (subject to hydrolysis) is 1. The van der Waals surface area contributed by atoms with E-state index in [0.29, 0.717) is 34.9 Å². The molecule has 8 heteroatoms. The van der Waals surface area contributed by atoms with Crippen LogP contribution < -0.4 is 21.7 Å². The van der Waals surface area contributed by atoms with Crippen molar-refractivity contribution < 1.29 is 18.7 Å². The number of carbonyl (C=O) groups excluding carboxylic acids is 2. The highest BCUT2D eigenvalue weighted by atomic mass is 19.1. The third kappa shape index (κ3) is 6.60. The third-order valence-electron chi connectivity index (χ3n) is 6.04. The quantitative estimate of drug-likeness (QED) is 0.318. The summed E-state index contributed by atoms with van der Waals surface area (Å²) in [6.45, 7) is 4.50. The van der Waals surface area contributed by atoms with Gasteiger partial charge in [0.05, 0.1) is 16.9 Å². The summed E-state index contributed by atoms with van der Waals surface area (Å²) in [5.41, 5.74) is 9.17. The van der Waals surface area contributed by atoms with Crippen LogP contribution in [0.25, 0.3) is 0 Å². The van der Waals surface area contributed by atoms with E-state index in [0.717, 1.165) is 12.0 Å². The SMILES string of the molecule is CC(C)N[C@H]1CC1c1ccc(COC(=O)NCc2ccc(C(=O)Nc3ccccc3N)c(F)c2)cc1. The number of nitrogen functional groups attached to an aromatic ring is 1. The topological polar surface area (TPSA) is 105 Å². The van der Waals surface area contributed by atoms with Gasteiger partial charge in [-0.3, -0.25) is 4.79 Å². The minimum Gasteiger partial charge on any atom is -0.445 e. The molecule has 3 aromatic carbocycles. The van der Waals surface area contributed by atoms with Crippen LogP contribution in [-0.2, 0) is 17.9 Å². The number of nitrogens with two attached hydrogens (primary N) is 1. The Morgan fingerprint density at radius 3 is 2.47 bits per heavy atom. The molecular weight excluding hydrogens is 459 g/mol. The second-order valence-electron chi connectivity index (χ2n) is 9.30. The van der Waals surface area contributed by atoms with Crippen LogP contribution in [0.2, 0.25) is 0 Å². The lowest BCUT2D eigenvalue weighted by molar-refractivity contribution is 0.102. The van der Waals surface area contributed by atoms with Crippen LogP contribution in [0.4, 0.5) is 20.6 Å². The number of ether oxygens (including phenoxy) is 1. The van der Waals surface area contributed by atoms with Crippen molar-refractivity contribution >= 4 is 23.4 Å². The fourth-order valence-electron chi connectivity index (χ4n) is 4.06. The molecule has 0 aromatic heterocycles. The Morgan fingerprint density at radius 1 is 1.06 bits per heavy atom. The molecule has 0 heterocycles. The second kappa shape index (κ2) is 11.2. The van der Waals surface area contributed by atoms with Crippen molar-refractivity contribution in [2.45, 2.75) is 51.4 Å². The molecule has 1 aliphatic rings. The number of benzene rings is 3. The summed E-state index contributed by atoms with van der Waals surface area (Å²) in [6, 6.07) is 20.0. The van der Waals surface area contributed by atoms with Gasteiger partial charge in [0, 0.05) is 24.5 Å². The number of carbonyl (C=O) groups is 2. The summed E-state index contributed by atoms with van der Waals surface area (Å²) in [4.78, 5) is 24.5. The molecule has 0 bridgehead atoms. The van der Waals surface area contributed by atoms with Crippen molar-refractivity contribution in [1.29, 1.82) is 0 Å². The van der Waals surface area contributed by atoms with E-state index < -0.39 is 17.8 Å². The highest BCUT2D eigenvalue weighted by molar-refractivity contribution is 6.05. The van der Waals surface area contributed by atoms with E-state index in [9.17, 15) is 14.0 Å². The van der Waals surface area contributed by atoms with Crippen LogP contribution in [0, 0.1) is 5.82 Å². The first-order valence-corrected chi connectivity index (χ1v) is 12.0. The maximum atomic E-state index is 14.5. The van der Waals surface area contributed by atoms with Gasteiger partial charge in [0.2, 0.25) is 0 Å². The Kier molecular flexibility index (Phi) is 7.85. The molecule has 0 radical (unpaired) electrons. The maximum absolute atomic E-state index is 14.5. The van der Waals surface area contributed by atoms with Crippen LogP contribution in [-0.4, -0.2) is 24.1 Å². The molecule has 4 rings (SSSR count). The lowest BCUT2D eigenvalue weighted by Gasteiger charge is -2.11. The lowest BCUT2D eigenvalue weighted by Crippen LogP contribution is -2.25. The predicted octanol–water partition coefficient (Wildman–Crippen LogP) is 4.94. The molecule has 0 spiro atoms. The van der Waals surface area contributed by atoms with Gasteiger partial charge in [0.15, 0.2) is 0 Å². The van der Waals surface area contributed by atoms with Crippen LogP contribution in [0.1, 0.15) is 53.2 Å². The molecule has 3 aromatic rings. The van der Waals surface area contributed by atoms with Crippen molar-refractivity contribution in [2.24, 2.45) is 0 Å². The fourth-order valence-corrected chi connectivity index (χ4v) is 4.06. The molecule has 36 heavy (non-hydrogen) atoms. The first kappa shape index (κ1) is 25.2. The summed E-state index contributed by atoms with van der Waals surface area (Å²) in [5, 5.41) is 8.74. The van der Waals surface area contributed by atoms with E-state index >= 15 is 0 Å². The number of nitrogens with one attached hydrogen (secondary N) is 3. The normalized spacial score (nSPS) is 16.4. The zero-order valence-electron chi connectivity index (χ0n) is 20.4. The molecule has 2 atom stereocenters. The summed E-state index contributed by atoms with van der Waals surface area (Å²) in [6.07, 6.45) is 0.536. The first-order valence-electron chi connectivity index (χ1n) is 12.0. The number of rotatable bonds is 9. The average molecular weight is 491 g/mol. The summed E-state index contributed by atoms with van der Waals surface area (Å²) in [7, 11) is 0. The van der Waals surface area contributed by atoms with Gasteiger partial charge in [0.25, 0.3) is 5.91 Å². The Hall–Kier alpha value is -3.91. The van der Waals surface area contributed by atoms with Crippen LogP contribution in [0.5, 0.6) is 0 Å². The minimum absolute atomic E-state index is 0.0636. The molecule has 1 saturated carbocycles.